The highest BCUT2D eigenvalue weighted by molar-refractivity contribution is 5.92. The summed E-state index contributed by atoms with van der Waals surface area (Å²) in [5, 5.41) is 6.18. The Morgan fingerprint density at radius 1 is 1.17 bits per heavy atom. The van der Waals surface area contributed by atoms with Crippen LogP contribution in [0.15, 0.2) is 39.9 Å². The fraction of sp³-hybridized carbons (Fsp3) is 0.455. The van der Waals surface area contributed by atoms with Crippen LogP contribution in [-0.2, 0) is 6.54 Å². The number of carbonyl (C=O) groups is 1. The third kappa shape index (κ3) is 5.68. The van der Waals surface area contributed by atoms with Crippen LogP contribution in [0.25, 0.3) is 0 Å². The van der Waals surface area contributed by atoms with Gasteiger partial charge in [-0.2, -0.15) is 0 Å². The van der Waals surface area contributed by atoms with Gasteiger partial charge in [-0.1, -0.05) is 6.07 Å². The minimum atomic E-state index is -0.191. The molecule has 0 spiro atoms. The third-order valence-electron chi connectivity index (χ3n) is 4.67. The Balaban J connectivity index is 1.49. The molecule has 2 heterocycles. The summed E-state index contributed by atoms with van der Waals surface area (Å²) in [5.74, 6) is 2.58. The van der Waals surface area contributed by atoms with Crippen molar-refractivity contribution in [3.63, 3.8) is 0 Å². The van der Waals surface area contributed by atoms with Gasteiger partial charge < -0.3 is 29.4 Å². The summed E-state index contributed by atoms with van der Waals surface area (Å²) < 4.78 is 16.5. The van der Waals surface area contributed by atoms with Crippen molar-refractivity contribution in [1.82, 2.24) is 15.5 Å². The molecule has 1 aliphatic heterocycles. The molecule has 0 saturated heterocycles. The highest BCUT2D eigenvalue weighted by Crippen LogP contribution is 2.31. The number of nitrogens with zero attached hydrogens (tertiary/aromatic N) is 2. The van der Waals surface area contributed by atoms with Gasteiger partial charge in [0.05, 0.1) is 6.26 Å². The van der Waals surface area contributed by atoms with Crippen LogP contribution in [0, 0.1) is 6.92 Å². The van der Waals surface area contributed by atoms with Crippen LogP contribution < -0.4 is 20.1 Å². The Morgan fingerprint density at radius 2 is 1.97 bits per heavy atom. The van der Waals surface area contributed by atoms with Crippen LogP contribution in [0.5, 0.6) is 11.5 Å². The summed E-state index contributed by atoms with van der Waals surface area (Å²) in [6.45, 7) is 7.66. The van der Waals surface area contributed by atoms with Crippen molar-refractivity contribution in [2.45, 2.75) is 26.8 Å². The number of fused-ring (bicyclic) bond motifs is 1. The number of furan rings is 1. The number of amides is 1. The van der Waals surface area contributed by atoms with E-state index in [1.54, 1.807) is 6.07 Å². The number of hydrogen-bond acceptors (Lipinski definition) is 5. The van der Waals surface area contributed by atoms with E-state index in [1.165, 1.54) is 6.26 Å². The molecule has 162 valence electrons. The van der Waals surface area contributed by atoms with Crippen molar-refractivity contribution in [2.75, 3.05) is 39.9 Å². The average Bonchev–Trinajstić information content (AvgIpc) is 3.18. The molecule has 0 atom stereocenters. The van der Waals surface area contributed by atoms with Crippen LogP contribution in [0.2, 0.25) is 0 Å². The molecular formula is C22H30N4O4. The molecule has 8 nitrogen and oxygen atoms in total. The summed E-state index contributed by atoms with van der Waals surface area (Å²) in [7, 11) is 2.00. The van der Waals surface area contributed by atoms with Crippen molar-refractivity contribution in [2.24, 2.45) is 4.99 Å². The zero-order valence-electron chi connectivity index (χ0n) is 17.9. The van der Waals surface area contributed by atoms with Gasteiger partial charge in [-0.25, -0.2) is 0 Å². The normalized spacial score (nSPS) is 13.1. The summed E-state index contributed by atoms with van der Waals surface area (Å²) >= 11 is 0. The molecule has 2 N–H and O–H groups in total. The average molecular weight is 415 g/mol. The molecule has 2 aromatic rings. The maximum atomic E-state index is 12.1. The fourth-order valence-corrected chi connectivity index (χ4v) is 3.16. The highest BCUT2D eigenvalue weighted by Gasteiger charge is 2.14. The van der Waals surface area contributed by atoms with E-state index in [-0.39, 0.29) is 5.91 Å². The maximum absolute atomic E-state index is 12.1. The molecule has 8 heteroatoms. The summed E-state index contributed by atoms with van der Waals surface area (Å²) in [5.41, 5.74) is 1.95. The predicted molar refractivity (Wildman–Crippen MR) is 115 cm³/mol. The molecular weight excluding hydrogens is 384 g/mol. The van der Waals surface area contributed by atoms with Gasteiger partial charge in [0.15, 0.2) is 23.2 Å². The van der Waals surface area contributed by atoms with Crippen LogP contribution in [-0.4, -0.2) is 56.7 Å². The number of carbonyl (C=O) groups excluding carboxylic acids is 1. The molecule has 0 aliphatic carbocycles. The second kappa shape index (κ2) is 10.6. The van der Waals surface area contributed by atoms with E-state index in [4.69, 9.17) is 13.9 Å². The Hall–Kier alpha value is -3.16. The van der Waals surface area contributed by atoms with E-state index in [1.807, 2.05) is 39.1 Å². The SMILES string of the molecule is CCNC(=NCCCNC(=O)c1occc1C)N(C)Cc1ccc2c(c1)OCCO2. The molecule has 0 fully saturated rings. The monoisotopic (exact) mass is 414 g/mol. The van der Waals surface area contributed by atoms with Crippen molar-refractivity contribution >= 4 is 11.9 Å². The number of guanidine groups is 1. The lowest BCUT2D eigenvalue weighted by molar-refractivity contribution is 0.0925. The Kier molecular flexibility index (Phi) is 7.59. The van der Waals surface area contributed by atoms with E-state index >= 15 is 0 Å². The van der Waals surface area contributed by atoms with E-state index in [0.29, 0.717) is 38.6 Å². The van der Waals surface area contributed by atoms with Crippen LogP contribution in [0.3, 0.4) is 0 Å². The number of aliphatic imine (C=N–C) groups is 1. The Bertz CT molecular complexity index is 878. The van der Waals surface area contributed by atoms with Gasteiger partial charge in [0.25, 0.3) is 5.91 Å². The molecule has 30 heavy (non-hydrogen) atoms. The molecule has 0 radical (unpaired) electrons. The number of benzene rings is 1. The topological polar surface area (TPSA) is 88.3 Å². The van der Waals surface area contributed by atoms with Crippen molar-refractivity contribution in [3.05, 3.63) is 47.4 Å². The maximum Gasteiger partial charge on any atom is 0.287 e. The number of aryl methyl sites for hydroxylation is 1. The zero-order chi connectivity index (χ0) is 21.3. The lowest BCUT2D eigenvalue weighted by Crippen LogP contribution is -2.38. The number of hydrogen-bond donors (Lipinski definition) is 2. The van der Waals surface area contributed by atoms with Gasteiger partial charge in [-0.3, -0.25) is 9.79 Å². The summed E-state index contributed by atoms with van der Waals surface area (Å²) in [6, 6.07) is 7.78. The second-order valence-corrected chi connectivity index (χ2v) is 7.11. The quantitative estimate of drug-likeness (QED) is 0.392. The third-order valence-corrected chi connectivity index (χ3v) is 4.67. The van der Waals surface area contributed by atoms with Crippen LogP contribution in [0.4, 0.5) is 0 Å². The van der Waals surface area contributed by atoms with Gasteiger partial charge in [0.2, 0.25) is 0 Å². The van der Waals surface area contributed by atoms with Crippen LogP contribution in [0.1, 0.15) is 35.0 Å². The van der Waals surface area contributed by atoms with E-state index in [9.17, 15) is 4.79 Å². The first kappa shape index (κ1) is 21.5. The molecule has 0 saturated carbocycles. The Labute approximate surface area is 177 Å². The first-order valence-electron chi connectivity index (χ1n) is 10.3. The number of nitrogens with one attached hydrogen (secondary N) is 2. The van der Waals surface area contributed by atoms with Gasteiger partial charge in [0.1, 0.15) is 13.2 Å². The largest absolute Gasteiger partial charge is 0.486 e. The summed E-state index contributed by atoms with van der Waals surface area (Å²) in [4.78, 5) is 18.8. The molecule has 1 aliphatic rings. The van der Waals surface area contributed by atoms with Gasteiger partial charge in [-0.15, -0.1) is 0 Å². The molecule has 3 rings (SSSR count). The molecule has 0 bridgehead atoms. The Morgan fingerprint density at radius 3 is 2.70 bits per heavy atom. The van der Waals surface area contributed by atoms with Crippen molar-refractivity contribution in [1.29, 1.82) is 0 Å². The highest BCUT2D eigenvalue weighted by atomic mass is 16.6. The minimum Gasteiger partial charge on any atom is -0.486 e. The zero-order valence-corrected chi connectivity index (χ0v) is 17.9. The lowest BCUT2D eigenvalue weighted by atomic mass is 10.2. The molecule has 0 unspecified atom stereocenters. The number of ether oxygens (including phenoxy) is 2. The van der Waals surface area contributed by atoms with Crippen molar-refractivity contribution < 1.29 is 18.7 Å². The van der Waals surface area contributed by atoms with Crippen LogP contribution >= 0.6 is 0 Å². The second-order valence-electron chi connectivity index (χ2n) is 7.11. The van der Waals surface area contributed by atoms with Gasteiger partial charge in [-0.05, 0) is 44.0 Å². The van der Waals surface area contributed by atoms with Gasteiger partial charge >= 0.3 is 0 Å². The molecule has 1 amide bonds. The summed E-state index contributed by atoms with van der Waals surface area (Å²) in [6.07, 6.45) is 2.26. The molecule has 1 aromatic heterocycles. The van der Waals surface area contributed by atoms with E-state index < -0.39 is 0 Å². The minimum absolute atomic E-state index is 0.191. The van der Waals surface area contributed by atoms with Gasteiger partial charge in [0, 0.05) is 38.8 Å². The van der Waals surface area contributed by atoms with Crippen molar-refractivity contribution in [3.8, 4) is 11.5 Å². The number of rotatable bonds is 8. The molecule has 1 aromatic carbocycles. The lowest BCUT2D eigenvalue weighted by Gasteiger charge is -2.24. The first-order chi connectivity index (χ1) is 14.6. The predicted octanol–water partition coefficient (Wildman–Crippen LogP) is 2.58. The first-order valence-corrected chi connectivity index (χ1v) is 10.3. The smallest absolute Gasteiger partial charge is 0.287 e. The fourth-order valence-electron chi connectivity index (χ4n) is 3.16. The van der Waals surface area contributed by atoms with E-state index in [0.717, 1.165) is 41.6 Å². The van der Waals surface area contributed by atoms with E-state index in [2.05, 4.69) is 20.5 Å². The standard InChI is InChI=1S/C22H30N4O4/c1-4-23-22(25-10-5-9-24-21(27)20-16(2)8-11-30-20)26(3)15-17-6-7-18-19(14-17)29-13-12-28-18/h6-8,11,14H,4-5,9-10,12-13,15H2,1-3H3,(H,23,25)(H,24,27).